The SMILES string of the molecule is CC(N)(CC1CC2CCC1C2)c1cccc(Cl)c1. The van der Waals surface area contributed by atoms with Crippen LogP contribution in [-0.4, -0.2) is 0 Å². The highest BCUT2D eigenvalue weighted by Crippen LogP contribution is 2.51. The van der Waals surface area contributed by atoms with Gasteiger partial charge in [0.1, 0.15) is 0 Å². The molecule has 4 unspecified atom stereocenters. The van der Waals surface area contributed by atoms with Crippen molar-refractivity contribution in [3.8, 4) is 0 Å². The molecular weight excluding hydrogens is 242 g/mol. The van der Waals surface area contributed by atoms with Gasteiger partial charge in [0.2, 0.25) is 0 Å². The van der Waals surface area contributed by atoms with Crippen LogP contribution in [0.25, 0.3) is 0 Å². The Hall–Kier alpha value is -0.530. The zero-order valence-corrected chi connectivity index (χ0v) is 11.8. The van der Waals surface area contributed by atoms with Crippen molar-refractivity contribution in [2.24, 2.45) is 23.5 Å². The van der Waals surface area contributed by atoms with Crippen molar-refractivity contribution < 1.29 is 0 Å². The largest absolute Gasteiger partial charge is 0.322 e. The van der Waals surface area contributed by atoms with E-state index in [1.165, 1.54) is 31.2 Å². The van der Waals surface area contributed by atoms with E-state index in [9.17, 15) is 0 Å². The molecule has 0 heterocycles. The summed E-state index contributed by atoms with van der Waals surface area (Å²) < 4.78 is 0. The van der Waals surface area contributed by atoms with Crippen LogP contribution < -0.4 is 5.73 Å². The van der Waals surface area contributed by atoms with Crippen LogP contribution in [0.1, 0.15) is 44.6 Å². The molecule has 3 rings (SSSR count). The van der Waals surface area contributed by atoms with Crippen LogP contribution in [0, 0.1) is 17.8 Å². The van der Waals surface area contributed by atoms with Crippen molar-refractivity contribution in [1.29, 1.82) is 0 Å². The third-order valence-electron chi connectivity index (χ3n) is 5.05. The monoisotopic (exact) mass is 263 g/mol. The molecule has 2 aliphatic rings. The highest BCUT2D eigenvalue weighted by molar-refractivity contribution is 6.30. The summed E-state index contributed by atoms with van der Waals surface area (Å²) in [6, 6.07) is 8.05. The highest BCUT2D eigenvalue weighted by atomic mass is 35.5. The normalized spacial score (nSPS) is 33.6. The van der Waals surface area contributed by atoms with E-state index in [1.807, 2.05) is 18.2 Å². The molecule has 18 heavy (non-hydrogen) atoms. The molecule has 2 aliphatic carbocycles. The van der Waals surface area contributed by atoms with Crippen LogP contribution in [0.5, 0.6) is 0 Å². The summed E-state index contributed by atoms with van der Waals surface area (Å²) in [5.41, 5.74) is 7.50. The van der Waals surface area contributed by atoms with E-state index < -0.39 is 0 Å². The van der Waals surface area contributed by atoms with Crippen molar-refractivity contribution in [2.45, 2.75) is 44.6 Å². The Morgan fingerprint density at radius 2 is 2.17 bits per heavy atom. The number of hydrogen-bond acceptors (Lipinski definition) is 1. The van der Waals surface area contributed by atoms with Gasteiger partial charge < -0.3 is 5.73 Å². The summed E-state index contributed by atoms with van der Waals surface area (Å²) in [7, 11) is 0. The Morgan fingerprint density at radius 1 is 1.33 bits per heavy atom. The van der Waals surface area contributed by atoms with Crippen molar-refractivity contribution in [1.82, 2.24) is 0 Å². The van der Waals surface area contributed by atoms with Gasteiger partial charge in [0.25, 0.3) is 0 Å². The molecule has 2 heteroatoms. The van der Waals surface area contributed by atoms with E-state index >= 15 is 0 Å². The van der Waals surface area contributed by atoms with Gasteiger partial charge in [0, 0.05) is 10.6 Å². The maximum absolute atomic E-state index is 6.56. The fraction of sp³-hybridized carbons (Fsp3) is 0.625. The molecule has 2 N–H and O–H groups in total. The molecule has 1 aromatic carbocycles. The summed E-state index contributed by atoms with van der Waals surface area (Å²) in [6.07, 6.45) is 6.85. The Bertz CT molecular complexity index is 440. The van der Waals surface area contributed by atoms with Gasteiger partial charge in [0.05, 0.1) is 0 Å². The Kier molecular flexibility index (Phi) is 3.15. The molecule has 0 saturated heterocycles. The maximum Gasteiger partial charge on any atom is 0.0409 e. The van der Waals surface area contributed by atoms with Gasteiger partial charge in [-0.25, -0.2) is 0 Å². The fourth-order valence-corrected chi connectivity index (χ4v) is 4.32. The number of nitrogens with two attached hydrogens (primary N) is 1. The Labute approximate surface area is 115 Å². The van der Waals surface area contributed by atoms with Gasteiger partial charge in [-0.05, 0) is 68.1 Å². The van der Waals surface area contributed by atoms with Gasteiger partial charge in [-0.3, -0.25) is 0 Å². The molecule has 4 atom stereocenters. The number of benzene rings is 1. The van der Waals surface area contributed by atoms with Crippen LogP contribution >= 0.6 is 11.6 Å². The number of halogens is 1. The molecule has 0 aliphatic heterocycles. The van der Waals surface area contributed by atoms with Crippen LogP contribution in [0.4, 0.5) is 0 Å². The van der Waals surface area contributed by atoms with Crippen molar-refractivity contribution in [3.05, 3.63) is 34.9 Å². The lowest BCUT2D eigenvalue weighted by atomic mass is 9.77. The van der Waals surface area contributed by atoms with Crippen LogP contribution in [-0.2, 0) is 5.54 Å². The second-order valence-electron chi connectivity index (χ2n) is 6.57. The minimum Gasteiger partial charge on any atom is -0.322 e. The van der Waals surface area contributed by atoms with Crippen LogP contribution in [0.3, 0.4) is 0 Å². The second-order valence-corrected chi connectivity index (χ2v) is 7.00. The summed E-state index contributed by atoms with van der Waals surface area (Å²) in [5.74, 6) is 2.77. The zero-order valence-electron chi connectivity index (χ0n) is 11.0. The Morgan fingerprint density at radius 3 is 2.78 bits per heavy atom. The molecule has 0 amide bonds. The molecule has 1 aromatic rings. The van der Waals surface area contributed by atoms with Gasteiger partial charge >= 0.3 is 0 Å². The molecule has 0 radical (unpaired) electrons. The van der Waals surface area contributed by atoms with Crippen LogP contribution in [0.2, 0.25) is 5.02 Å². The first kappa shape index (κ1) is 12.5. The minimum atomic E-state index is -0.236. The first-order chi connectivity index (χ1) is 8.54. The topological polar surface area (TPSA) is 26.0 Å². The molecule has 1 nitrogen and oxygen atoms in total. The lowest BCUT2D eigenvalue weighted by Gasteiger charge is -2.32. The first-order valence-corrected chi connectivity index (χ1v) is 7.47. The summed E-state index contributed by atoms with van der Waals surface area (Å²) in [6.45, 7) is 2.16. The van der Waals surface area contributed by atoms with Crippen molar-refractivity contribution in [2.75, 3.05) is 0 Å². The predicted molar refractivity (Wildman–Crippen MR) is 76.5 cm³/mol. The molecule has 0 spiro atoms. The van der Waals surface area contributed by atoms with Gasteiger partial charge in [-0.2, -0.15) is 0 Å². The van der Waals surface area contributed by atoms with E-state index in [4.69, 9.17) is 17.3 Å². The van der Waals surface area contributed by atoms with Gasteiger partial charge in [0.15, 0.2) is 0 Å². The van der Waals surface area contributed by atoms with Gasteiger partial charge in [-0.15, -0.1) is 0 Å². The molecular formula is C16H22ClN. The average molecular weight is 264 g/mol. The third-order valence-corrected chi connectivity index (χ3v) is 5.29. The number of rotatable bonds is 3. The predicted octanol–water partition coefficient (Wildman–Crippen LogP) is 4.34. The van der Waals surface area contributed by atoms with Crippen molar-refractivity contribution in [3.63, 3.8) is 0 Å². The Balaban J connectivity index is 1.74. The second kappa shape index (κ2) is 4.54. The molecule has 0 aromatic heterocycles. The lowest BCUT2D eigenvalue weighted by Crippen LogP contribution is -2.36. The van der Waals surface area contributed by atoms with E-state index in [0.29, 0.717) is 0 Å². The first-order valence-electron chi connectivity index (χ1n) is 7.09. The molecule has 2 saturated carbocycles. The standard InChI is InChI=1S/C16H22ClN/c1-16(18,14-3-2-4-15(17)9-14)10-13-8-11-5-6-12(13)7-11/h2-4,9,11-13H,5-8,10,18H2,1H3. The maximum atomic E-state index is 6.56. The van der Waals surface area contributed by atoms with E-state index in [0.717, 1.165) is 29.2 Å². The summed E-state index contributed by atoms with van der Waals surface area (Å²) in [4.78, 5) is 0. The molecule has 98 valence electrons. The minimum absolute atomic E-state index is 0.236. The van der Waals surface area contributed by atoms with Crippen LogP contribution in [0.15, 0.2) is 24.3 Å². The quantitative estimate of drug-likeness (QED) is 0.863. The fourth-order valence-electron chi connectivity index (χ4n) is 4.13. The molecule has 2 bridgehead atoms. The number of fused-ring (bicyclic) bond motifs is 2. The van der Waals surface area contributed by atoms with E-state index in [-0.39, 0.29) is 5.54 Å². The summed E-state index contributed by atoms with van der Waals surface area (Å²) >= 11 is 6.07. The highest BCUT2D eigenvalue weighted by Gasteiger charge is 2.41. The van der Waals surface area contributed by atoms with E-state index in [2.05, 4.69) is 13.0 Å². The number of hydrogen-bond donors (Lipinski definition) is 1. The lowest BCUT2D eigenvalue weighted by molar-refractivity contribution is 0.253. The molecule has 2 fully saturated rings. The smallest absolute Gasteiger partial charge is 0.0409 e. The zero-order chi connectivity index (χ0) is 12.8. The van der Waals surface area contributed by atoms with Gasteiger partial charge in [-0.1, -0.05) is 30.2 Å². The average Bonchev–Trinajstić information content (AvgIpc) is 2.90. The third kappa shape index (κ3) is 2.31. The van der Waals surface area contributed by atoms with Crippen molar-refractivity contribution >= 4 is 11.6 Å². The summed E-state index contributed by atoms with van der Waals surface area (Å²) in [5, 5.41) is 0.789. The van der Waals surface area contributed by atoms with E-state index in [1.54, 1.807) is 0 Å².